The van der Waals surface area contributed by atoms with Gasteiger partial charge in [0.05, 0.1) is 11.6 Å². The van der Waals surface area contributed by atoms with Gasteiger partial charge in [0.15, 0.2) is 0 Å². The van der Waals surface area contributed by atoms with Crippen molar-refractivity contribution in [2.45, 2.75) is 26.3 Å². The fourth-order valence-electron chi connectivity index (χ4n) is 2.02. The maximum absolute atomic E-state index is 12.2. The van der Waals surface area contributed by atoms with Crippen LogP contribution in [0.5, 0.6) is 0 Å². The first-order chi connectivity index (χ1) is 11.3. The Kier molecular flexibility index (Phi) is 5.00. The molecule has 0 aliphatic carbocycles. The Morgan fingerprint density at radius 2 is 1.38 bits per heavy atom. The number of carbonyl (C=O) groups excluding carboxylic acids is 2. The standard InChI is InChI=1S/C19H19N3O2/c1-19(2,3)22-18(24)15-8-6-14(7-9-15)17(23)21-16-10-4-13(12-20)5-11-16/h4-11H,1-3H3,(H,21,23)(H,22,24). The molecule has 2 aromatic carbocycles. The monoisotopic (exact) mass is 321 g/mol. The lowest BCUT2D eigenvalue weighted by atomic mass is 10.1. The number of nitrogens with zero attached hydrogens (tertiary/aromatic N) is 1. The first kappa shape index (κ1) is 17.2. The minimum absolute atomic E-state index is 0.179. The summed E-state index contributed by atoms with van der Waals surface area (Å²) < 4.78 is 0. The van der Waals surface area contributed by atoms with Crippen molar-refractivity contribution in [1.29, 1.82) is 5.26 Å². The summed E-state index contributed by atoms with van der Waals surface area (Å²) in [6.07, 6.45) is 0. The van der Waals surface area contributed by atoms with E-state index in [4.69, 9.17) is 5.26 Å². The van der Waals surface area contributed by atoms with Gasteiger partial charge in [0.2, 0.25) is 0 Å². The average molecular weight is 321 g/mol. The largest absolute Gasteiger partial charge is 0.347 e. The highest BCUT2D eigenvalue weighted by atomic mass is 16.2. The molecular weight excluding hydrogens is 302 g/mol. The Labute approximate surface area is 141 Å². The second-order valence-electron chi connectivity index (χ2n) is 6.42. The van der Waals surface area contributed by atoms with Crippen molar-refractivity contribution in [3.63, 3.8) is 0 Å². The molecule has 0 saturated heterocycles. The zero-order chi connectivity index (χ0) is 17.7. The summed E-state index contributed by atoms with van der Waals surface area (Å²) in [5, 5.41) is 14.4. The number of benzene rings is 2. The van der Waals surface area contributed by atoms with E-state index in [2.05, 4.69) is 10.6 Å². The van der Waals surface area contributed by atoms with Crippen molar-refractivity contribution >= 4 is 17.5 Å². The molecule has 0 saturated carbocycles. The molecule has 0 fully saturated rings. The molecule has 0 heterocycles. The Balaban J connectivity index is 2.05. The predicted octanol–water partition coefficient (Wildman–Crippen LogP) is 3.34. The van der Waals surface area contributed by atoms with Crippen LogP contribution in [0.2, 0.25) is 0 Å². The van der Waals surface area contributed by atoms with Crippen molar-refractivity contribution in [2.75, 3.05) is 5.32 Å². The summed E-state index contributed by atoms with van der Waals surface area (Å²) in [5.41, 5.74) is 1.77. The number of nitrogens with one attached hydrogen (secondary N) is 2. The summed E-state index contributed by atoms with van der Waals surface area (Å²) in [5.74, 6) is -0.455. The second-order valence-corrected chi connectivity index (χ2v) is 6.42. The van der Waals surface area contributed by atoms with Crippen molar-refractivity contribution in [3.8, 4) is 6.07 Å². The molecule has 2 N–H and O–H groups in total. The zero-order valence-electron chi connectivity index (χ0n) is 13.9. The third kappa shape index (κ3) is 4.68. The van der Waals surface area contributed by atoms with Gasteiger partial charge in [0.1, 0.15) is 0 Å². The first-order valence-corrected chi connectivity index (χ1v) is 7.52. The summed E-state index contributed by atoms with van der Waals surface area (Å²) in [6.45, 7) is 5.72. The molecule has 0 bridgehead atoms. The number of hydrogen-bond acceptors (Lipinski definition) is 3. The molecule has 2 amide bonds. The van der Waals surface area contributed by atoms with Gasteiger partial charge in [0.25, 0.3) is 11.8 Å². The van der Waals surface area contributed by atoms with Crippen molar-refractivity contribution in [2.24, 2.45) is 0 Å². The molecule has 0 aliphatic heterocycles. The van der Waals surface area contributed by atoms with E-state index in [9.17, 15) is 9.59 Å². The molecule has 122 valence electrons. The smallest absolute Gasteiger partial charge is 0.255 e. The van der Waals surface area contributed by atoms with Gasteiger partial charge in [-0.1, -0.05) is 0 Å². The second kappa shape index (κ2) is 6.97. The maximum Gasteiger partial charge on any atom is 0.255 e. The normalized spacial score (nSPS) is 10.6. The van der Waals surface area contributed by atoms with Crippen LogP contribution in [0.15, 0.2) is 48.5 Å². The molecule has 2 aromatic rings. The van der Waals surface area contributed by atoms with E-state index in [0.29, 0.717) is 22.4 Å². The minimum Gasteiger partial charge on any atom is -0.347 e. The molecule has 5 nitrogen and oxygen atoms in total. The van der Waals surface area contributed by atoms with E-state index < -0.39 is 0 Å². The van der Waals surface area contributed by atoms with Gasteiger partial charge in [-0.3, -0.25) is 9.59 Å². The van der Waals surface area contributed by atoms with E-state index >= 15 is 0 Å². The Bertz CT molecular complexity index is 779. The topological polar surface area (TPSA) is 82.0 Å². The van der Waals surface area contributed by atoms with Crippen LogP contribution in [-0.4, -0.2) is 17.4 Å². The lowest BCUT2D eigenvalue weighted by Gasteiger charge is -2.20. The van der Waals surface area contributed by atoms with Crippen LogP contribution in [0.3, 0.4) is 0 Å². The van der Waals surface area contributed by atoms with Crippen molar-refractivity contribution in [3.05, 3.63) is 65.2 Å². The number of amides is 2. The molecule has 0 aliphatic rings. The van der Waals surface area contributed by atoms with Crippen LogP contribution in [0.4, 0.5) is 5.69 Å². The van der Waals surface area contributed by atoms with Gasteiger partial charge in [0, 0.05) is 22.4 Å². The van der Waals surface area contributed by atoms with Gasteiger partial charge < -0.3 is 10.6 Å². The highest BCUT2D eigenvalue weighted by Crippen LogP contribution is 2.12. The third-order valence-corrected chi connectivity index (χ3v) is 3.17. The maximum atomic E-state index is 12.2. The van der Waals surface area contributed by atoms with Crippen LogP contribution >= 0.6 is 0 Å². The minimum atomic E-state index is -0.317. The molecule has 24 heavy (non-hydrogen) atoms. The highest BCUT2D eigenvalue weighted by molar-refractivity contribution is 6.05. The van der Waals surface area contributed by atoms with Crippen molar-refractivity contribution < 1.29 is 9.59 Å². The highest BCUT2D eigenvalue weighted by Gasteiger charge is 2.15. The number of nitriles is 1. The lowest BCUT2D eigenvalue weighted by molar-refractivity contribution is 0.0918. The van der Waals surface area contributed by atoms with Gasteiger partial charge in [-0.15, -0.1) is 0 Å². The predicted molar refractivity (Wildman–Crippen MR) is 92.8 cm³/mol. The van der Waals surface area contributed by atoms with Crippen LogP contribution in [0.1, 0.15) is 47.1 Å². The van der Waals surface area contributed by atoms with E-state index in [1.807, 2.05) is 26.8 Å². The first-order valence-electron chi connectivity index (χ1n) is 7.52. The Hall–Kier alpha value is -3.13. The molecule has 5 heteroatoms. The summed E-state index contributed by atoms with van der Waals surface area (Å²) in [7, 11) is 0. The summed E-state index contributed by atoms with van der Waals surface area (Å²) in [6, 6.07) is 15.1. The number of carbonyl (C=O) groups is 2. The third-order valence-electron chi connectivity index (χ3n) is 3.17. The molecule has 0 radical (unpaired) electrons. The van der Waals surface area contributed by atoms with Crippen LogP contribution < -0.4 is 10.6 Å². The lowest BCUT2D eigenvalue weighted by Crippen LogP contribution is -2.40. The summed E-state index contributed by atoms with van der Waals surface area (Å²) >= 11 is 0. The Morgan fingerprint density at radius 1 is 0.875 bits per heavy atom. The zero-order valence-corrected chi connectivity index (χ0v) is 13.9. The quantitative estimate of drug-likeness (QED) is 0.909. The van der Waals surface area contributed by atoms with Gasteiger partial charge in [-0.25, -0.2) is 0 Å². The molecule has 0 unspecified atom stereocenters. The molecular formula is C19H19N3O2. The van der Waals surface area contributed by atoms with Crippen LogP contribution in [-0.2, 0) is 0 Å². The van der Waals surface area contributed by atoms with Crippen molar-refractivity contribution in [1.82, 2.24) is 5.32 Å². The van der Waals surface area contributed by atoms with Gasteiger partial charge in [-0.05, 0) is 69.3 Å². The van der Waals surface area contributed by atoms with E-state index in [-0.39, 0.29) is 17.4 Å². The van der Waals surface area contributed by atoms with E-state index in [1.165, 1.54) is 0 Å². The fraction of sp³-hybridized carbons (Fsp3) is 0.211. The summed E-state index contributed by atoms with van der Waals surface area (Å²) in [4.78, 5) is 24.3. The fourth-order valence-corrected chi connectivity index (χ4v) is 2.02. The number of hydrogen-bond donors (Lipinski definition) is 2. The molecule has 0 aromatic heterocycles. The molecule has 2 rings (SSSR count). The van der Waals surface area contributed by atoms with E-state index in [1.54, 1.807) is 48.5 Å². The van der Waals surface area contributed by atoms with Crippen LogP contribution in [0.25, 0.3) is 0 Å². The Morgan fingerprint density at radius 3 is 1.83 bits per heavy atom. The average Bonchev–Trinajstić information content (AvgIpc) is 2.54. The number of rotatable bonds is 3. The SMILES string of the molecule is CC(C)(C)NC(=O)c1ccc(C(=O)Nc2ccc(C#N)cc2)cc1. The molecule has 0 atom stereocenters. The van der Waals surface area contributed by atoms with Crippen LogP contribution in [0, 0.1) is 11.3 Å². The number of anilines is 1. The molecule has 0 spiro atoms. The van der Waals surface area contributed by atoms with Gasteiger partial charge in [-0.2, -0.15) is 5.26 Å². The van der Waals surface area contributed by atoms with E-state index in [0.717, 1.165) is 0 Å². The van der Waals surface area contributed by atoms with Gasteiger partial charge >= 0.3 is 0 Å².